The van der Waals surface area contributed by atoms with Gasteiger partial charge in [0.25, 0.3) is 0 Å². The topological polar surface area (TPSA) is 274 Å². The Kier molecular flexibility index (Phi) is 28.7. The molecule has 20 heteroatoms. The van der Waals surface area contributed by atoms with Gasteiger partial charge in [0, 0.05) is 12.8 Å². The Balaban J connectivity index is 1.37. The summed E-state index contributed by atoms with van der Waals surface area (Å²) in [5.41, 5.74) is 0. The van der Waals surface area contributed by atoms with Gasteiger partial charge in [-0.1, -0.05) is 137 Å². The summed E-state index contributed by atoms with van der Waals surface area (Å²) in [4.78, 5) is 40.6. The molecule has 0 radical (unpaired) electrons. The molecule has 5 aliphatic rings. The summed E-state index contributed by atoms with van der Waals surface area (Å²) >= 11 is 0. The third kappa shape index (κ3) is 19.5. The maximum atomic E-state index is 13.7. The summed E-state index contributed by atoms with van der Waals surface area (Å²) in [6, 6.07) is 0. The Morgan fingerprint density at radius 1 is 0.519 bits per heavy atom. The van der Waals surface area contributed by atoms with Crippen molar-refractivity contribution in [1.82, 2.24) is 0 Å². The van der Waals surface area contributed by atoms with E-state index in [4.69, 9.17) is 52.1 Å². The van der Waals surface area contributed by atoms with Crippen LogP contribution in [-0.2, 0) is 66.5 Å². The lowest BCUT2D eigenvalue weighted by Gasteiger charge is -2.49. The number of hydrogen-bond donors (Lipinski definition) is 6. The molecule has 5 aliphatic heterocycles. The molecular formula is C57H100O20. The Morgan fingerprint density at radius 3 is 1.75 bits per heavy atom. The number of rotatable bonds is 22. The molecule has 6 N–H and O–H groups in total. The van der Waals surface area contributed by atoms with Crippen LogP contribution in [0.5, 0.6) is 0 Å². The van der Waals surface area contributed by atoms with E-state index in [0.29, 0.717) is 19.3 Å². The highest BCUT2D eigenvalue weighted by Crippen LogP contribution is 2.38. The van der Waals surface area contributed by atoms with E-state index < -0.39 is 147 Å². The lowest BCUT2D eigenvalue weighted by Crippen LogP contribution is -2.67. The number of unbranched alkanes of at least 4 members (excludes halogenated alkanes) is 10. The standard InChI is InChI=1S/C57H100O20/c1-9-12-14-15-16-17-20-23-28-32-40(59)73-51-43(62)41(60)35(6)68-57(51)76-48-37(8)69-54(46(65)50(48)74-53(66)33(4)11-3)75-47-36(7)70-55-45(64)49(47)72-39(58)31-27-24-21-18-19-22-26-30-38(29-25-13-10-2)71-56-52(77-55)44(63)42(61)34(5)67-56/h33-38,41-52,54-57,60-65H,9-32H2,1-8H3/t33-,34+,35-,36-,37-,38-,41-,42-,43+,44-,45+,46+,47-,48-,49-,50-,51+,52+,54-,55-,56-,57-/m0/s1. The maximum Gasteiger partial charge on any atom is 0.309 e. The van der Waals surface area contributed by atoms with E-state index in [1.807, 2.05) is 0 Å². The zero-order chi connectivity index (χ0) is 56.2. The molecule has 0 unspecified atom stereocenters. The lowest BCUT2D eigenvalue weighted by molar-refractivity contribution is -0.387. The van der Waals surface area contributed by atoms with Gasteiger partial charge < -0.3 is 82.7 Å². The maximum absolute atomic E-state index is 13.7. The number of fused-ring (bicyclic) bond motifs is 3. The average Bonchev–Trinajstić information content (AvgIpc) is 3.40. The minimum atomic E-state index is -1.83. The van der Waals surface area contributed by atoms with Crippen LogP contribution >= 0.6 is 0 Å². The van der Waals surface area contributed by atoms with E-state index in [0.717, 1.165) is 96.3 Å². The Hall–Kier alpha value is -2.15. The Morgan fingerprint density at radius 2 is 1.08 bits per heavy atom. The second kappa shape index (κ2) is 33.7. The third-order valence-electron chi connectivity index (χ3n) is 16.1. The number of carbonyl (C=O) groups excluding carboxylic acids is 3. The van der Waals surface area contributed by atoms with Gasteiger partial charge in [0.1, 0.15) is 54.9 Å². The second-order valence-corrected chi connectivity index (χ2v) is 22.5. The molecule has 77 heavy (non-hydrogen) atoms. The van der Waals surface area contributed by atoms with Crippen molar-refractivity contribution >= 4 is 17.9 Å². The van der Waals surface area contributed by atoms with Gasteiger partial charge in [0.15, 0.2) is 43.5 Å². The average molecular weight is 1110 g/mol. The normalized spacial score (nSPS) is 39.5. The highest BCUT2D eigenvalue weighted by atomic mass is 16.8. The molecule has 5 heterocycles. The molecule has 20 nitrogen and oxygen atoms in total. The number of hydrogen-bond acceptors (Lipinski definition) is 20. The van der Waals surface area contributed by atoms with Gasteiger partial charge in [-0.05, 0) is 59.8 Å². The van der Waals surface area contributed by atoms with Crippen LogP contribution in [0.25, 0.3) is 0 Å². The number of carbonyl (C=O) groups is 3. The van der Waals surface area contributed by atoms with Gasteiger partial charge in [-0.15, -0.1) is 0 Å². The highest BCUT2D eigenvalue weighted by Gasteiger charge is 2.57. The van der Waals surface area contributed by atoms with Crippen molar-refractivity contribution in [3.63, 3.8) is 0 Å². The van der Waals surface area contributed by atoms with Gasteiger partial charge in [-0.3, -0.25) is 14.4 Å². The first-order valence-electron chi connectivity index (χ1n) is 29.8. The highest BCUT2D eigenvalue weighted by molar-refractivity contribution is 5.72. The first-order valence-corrected chi connectivity index (χ1v) is 29.8. The quantitative estimate of drug-likeness (QED) is 0.0385. The molecular weight excluding hydrogens is 1000 g/mol. The molecule has 0 aromatic carbocycles. The van der Waals surface area contributed by atoms with Crippen molar-refractivity contribution in [1.29, 1.82) is 0 Å². The molecule has 448 valence electrons. The first-order chi connectivity index (χ1) is 36.9. The monoisotopic (exact) mass is 1100 g/mol. The fraction of sp³-hybridized carbons (Fsp3) is 0.947. The molecule has 5 saturated heterocycles. The van der Waals surface area contributed by atoms with Crippen molar-refractivity contribution in [2.24, 2.45) is 5.92 Å². The largest absolute Gasteiger partial charge is 0.456 e. The zero-order valence-electron chi connectivity index (χ0n) is 47.6. The van der Waals surface area contributed by atoms with E-state index in [1.54, 1.807) is 34.6 Å². The molecule has 0 saturated carbocycles. The van der Waals surface area contributed by atoms with Gasteiger partial charge in [0.2, 0.25) is 0 Å². The fourth-order valence-corrected chi connectivity index (χ4v) is 10.8. The summed E-state index contributed by atoms with van der Waals surface area (Å²) in [6.07, 6.45) is -8.02. The minimum absolute atomic E-state index is 0.0285. The van der Waals surface area contributed by atoms with E-state index in [2.05, 4.69) is 13.8 Å². The molecule has 5 fully saturated rings. The van der Waals surface area contributed by atoms with Crippen molar-refractivity contribution in [3.8, 4) is 0 Å². The van der Waals surface area contributed by atoms with Gasteiger partial charge in [0.05, 0.1) is 36.4 Å². The Labute approximate surface area is 458 Å². The van der Waals surface area contributed by atoms with Crippen LogP contribution in [0.2, 0.25) is 0 Å². The summed E-state index contributed by atoms with van der Waals surface area (Å²) < 4.78 is 68.5. The fourth-order valence-electron chi connectivity index (χ4n) is 10.8. The molecule has 22 atom stereocenters. The third-order valence-corrected chi connectivity index (χ3v) is 16.1. The number of esters is 3. The molecule has 5 rings (SSSR count). The number of aliphatic hydroxyl groups is 6. The molecule has 0 amide bonds. The van der Waals surface area contributed by atoms with Crippen molar-refractivity contribution in [3.05, 3.63) is 0 Å². The summed E-state index contributed by atoms with van der Waals surface area (Å²) in [6.45, 7) is 14.0. The van der Waals surface area contributed by atoms with Crippen LogP contribution in [0, 0.1) is 5.92 Å². The molecule has 0 spiro atoms. The van der Waals surface area contributed by atoms with Gasteiger partial charge in [-0.25, -0.2) is 0 Å². The van der Waals surface area contributed by atoms with Crippen molar-refractivity contribution in [2.75, 3.05) is 0 Å². The predicted octanol–water partition coefficient (Wildman–Crippen LogP) is 6.48. The number of ether oxygens (including phenoxy) is 11. The molecule has 0 aromatic heterocycles. The van der Waals surface area contributed by atoms with Gasteiger partial charge >= 0.3 is 17.9 Å². The Bertz CT molecular complexity index is 1690. The van der Waals surface area contributed by atoms with Crippen molar-refractivity contribution in [2.45, 2.75) is 338 Å². The molecule has 0 aromatic rings. The van der Waals surface area contributed by atoms with E-state index in [9.17, 15) is 45.0 Å². The SMILES string of the molecule is CCCCCCCCCCCC(=O)O[C@H]1[C@H](O[C@@H]2[C@@H](OC(=O)[C@@H](C)CC)[C@@H](O)[C@H](O[C@@H]3[C@H]4OC(=O)CCCCCCCCC[C@H](CCCCC)O[C@@H]5O[C@H](C)[C@H](O)[C@H](O)[C@H]5O[C@H](O[C@H]3C)[C@@H]4O)O[C@H]2C)O[C@@H](C)[C@H](O)[C@H]1O. The predicted molar refractivity (Wildman–Crippen MR) is 280 cm³/mol. The second-order valence-electron chi connectivity index (χ2n) is 22.5. The van der Waals surface area contributed by atoms with Crippen molar-refractivity contribution < 1.29 is 97.1 Å². The van der Waals surface area contributed by atoms with Crippen LogP contribution < -0.4 is 0 Å². The first kappa shape index (κ1) is 65.7. The smallest absolute Gasteiger partial charge is 0.309 e. The zero-order valence-corrected chi connectivity index (χ0v) is 47.6. The van der Waals surface area contributed by atoms with E-state index in [1.165, 1.54) is 32.6 Å². The van der Waals surface area contributed by atoms with Crippen LogP contribution in [0.4, 0.5) is 0 Å². The molecule has 0 aliphatic carbocycles. The van der Waals surface area contributed by atoms with Crippen LogP contribution in [0.1, 0.15) is 209 Å². The molecule has 2 bridgehead atoms. The van der Waals surface area contributed by atoms with Crippen LogP contribution in [0.3, 0.4) is 0 Å². The van der Waals surface area contributed by atoms with Gasteiger partial charge in [-0.2, -0.15) is 0 Å². The van der Waals surface area contributed by atoms with Crippen LogP contribution in [0.15, 0.2) is 0 Å². The van der Waals surface area contributed by atoms with E-state index >= 15 is 0 Å². The lowest BCUT2D eigenvalue weighted by atomic mass is 9.95. The summed E-state index contributed by atoms with van der Waals surface area (Å²) in [5, 5.41) is 69.3. The summed E-state index contributed by atoms with van der Waals surface area (Å²) in [5.74, 6) is -2.57. The number of aliphatic hydroxyl groups excluding tert-OH is 6. The van der Waals surface area contributed by atoms with Crippen LogP contribution in [-0.4, -0.2) is 177 Å². The van der Waals surface area contributed by atoms with E-state index in [-0.39, 0.29) is 18.9 Å². The summed E-state index contributed by atoms with van der Waals surface area (Å²) in [7, 11) is 0. The minimum Gasteiger partial charge on any atom is -0.456 e.